The Kier molecular flexibility index (Phi) is 3.96. The van der Waals surface area contributed by atoms with Crippen LogP contribution < -0.4 is 16.2 Å². The van der Waals surface area contributed by atoms with Gasteiger partial charge in [0.25, 0.3) is 5.56 Å². The molecule has 2 heterocycles. The second-order valence-electron chi connectivity index (χ2n) is 4.55. The largest absolute Gasteiger partial charge is 0.339 e. The third-order valence-corrected chi connectivity index (χ3v) is 3.22. The van der Waals surface area contributed by atoms with E-state index in [9.17, 15) is 18.8 Å². The summed E-state index contributed by atoms with van der Waals surface area (Å²) in [5.74, 6) is -3.18. The van der Waals surface area contributed by atoms with Gasteiger partial charge in [0, 0.05) is 5.69 Å². The Morgan fingerprint density at radius 1 is 1.21 bits per heavy atom. The molecular formula is C13H8ClFN6O3. The van der Waals surface area contributed by atoms with Crippen LogP contribution in [0.3, 0.4) is 0 Å². The molecule has 0 saturated heterocycles. The Bertz CT molecular complexity index is 1010. The number of rotatable bonds is 2. The number of halogens is 2. The number of aromatic nitrogens is 4. The highest BCUT2D eigenvalue weighted by atomic mass is 35.5. The molecule has 0 radical (unpaired) electrons. The van der Waals surface area contributed by atoms with Crippen molar-refractivity contribution in [3.8, 4) is 0 Å². The van der Waals surface area contributed by atoms with Gasteiger partial charge in [-0.3, -0.25) is 24.7 Å². The maximum atomic E-state index is 13.3. The fourth-order valence-corrected chi connectivity index (χ4v) is 1.95. The van der Waals surface area contributed by atoms with Crippen molar-refractivity contribution in [1.82, 2.24) is 19.9 Å². The summed E-state index contributed by atoms with van der Waals surface area (Å²) in [6.45, 7) is 0. The number of fused-ring (bicyclic) bond motifs is 1. The first-order valence-corrected chi connectivity index (χ1v) is 6.82. The number of aromatic amines is 2. The molecule has 0 bridgehead atoms. The smallest absolute Gasteiger partial charge is 0.316 e. The van der Waals surface area contributed by atoms with E-state index in [1.54, 1.807) is 0 Å². The minimum atomic E-state index is -1.11. The highest BCUT2D eigenvalue weighted by Gasteiger charge is 2.17. The Balaban J connectivity index is 1.74. The number of nitrogens with zero attached hydrogens (tertiary/aromatic N) is 2. The molecule has 3 aromatic rings. The highest BCUT2D eigenvalue weighted by molar-refractivity contribution is 6.43. The first-order valence-electron chi connectivity index (χ1n) is 6.45. The molecule has 122 valence electrons. The molecule has 0 fully saturated rings. The van der Waals surface area contributed by atoms with Crippen LogP contribution in [0.4, 0.5) is 16.0 Å². The third-order valence-electron chi connectivity index (χ3n) is 2.91. The van der Waals surface area contributed by atoms with E-state index in [1.807, 2.05) is 0 Å². The van der Waals surface area contributed by atoms with Gasteiger partial charge in [-0.25, -0.2) is 9.37 Å². The number of hydrogen-bond acceptors (Lipinski definition) is 5. The molecule has 1 aromatic carbocycles. The first-order chi connectivity index (χ1) is 11.4. The summed E-state index contributed by atoms with van der Waals surface area (Å²) in [6, 6.07) is 3.52. The van der Waals surface area contributed by atoms with Gasteiger partial charge in [0.15, 0.2) is 11.2 Å². The molecule has 0 aliphatic heterocycles. The Morgan fingerprint density at radius 2 is 1.96 bits per heavy atom. The monoisotopic (exact) mass is 350 g/mol. The van der Waals surface area contributed by atoms with E-state index in [2.05, 4.69) is 30.6 Å². The van der Waals surface area contributed by atoms with Gasteiger partial charge in [-0.2, -0.15) is 4.98 Å². The van der Waals surface area contributed by atoms with Crippen molar-refractivity contribution in [2.24, 2.45) is 0 Å². The normalized spacial score (nSPS) is 10.6. The van der Waals surface area contributed by atoms with E-state index < -0.39 is 23.2 Å². The summed E-state index contributed by atoms with van der Waals surface area (Å²) >= 11 is 5.52. The fraction of sp³-hybridized carbons (Fsp3) is 0. The maximum Gasteiger partial charge on any atom is 0.316 e. The van der Waals surface area contributed by atoms with Crippen molar-refractivity contribution in [2.45, 2.75) is 0 Å². The molecule has 0 atom stereocenters. The summed E-state index contributed by atoms with van der Waals surface area (Å²) in [4.78, 5) is 47.8. The van der Waals surface area contributed by atoms with Crippen LogP contribution in [0.2, 0.25) is 5.02 Å². The van der Waals surface area contributed by atoms with Gasteiger partial charge in [-0.15, -0.1) is 0 Å². The van der Waals surface area contributed by atoms with Crippen LogP contribution in [0.25, 0.3) is 11.2 Å². The Labute approximate surface area is 137 Å². The molecular weight excluding hydrogens is 343 g/mol. The SMILES string of the molecule is O=C(Nc1ccc(Cl)c(F)c1)C(=O)Nc1nc2nc[nH]c2c(=O)[nH]1. The lowest BCUT2D eigenvalue weighted by Crippen LogP contribution is -2.30. The molecule has 0 spiro atoms. The summed E-state index contributed by atoms with van der Waals surface area (Å²) < 4.78 is 13.3. The van der Waals surface area contributed by atoms with Crippen molar-refractivity contribution < 1.29 is 14.0 Å². The van der Waals surface area contributed by atoms with Crippen LogP contribution in [0, 0.1) is 5.82 Å². The molecule has 0 aliphatic carbocycles. The lowest BCUT2D eigenvalue weighted by Gasteiger charge is -2.06. The number of imidazole rings is 1. The number of benzene rings is 1. The van der Waals surface area contributed by atoms with Gasteiger partial charge in [0.1, 0.15) is 5.82 Å². The number of anilines is 2. The highest BCUT2D eigenvalue weighted by Crippen LogP contribution is 2.18. The van der Waals surface area contributed by atoms with E-state index in [0.29, 0.717) is 0 Å². The van der Waals surface area contributed by atoms with Gasteiger partial charge >= 0.3 is 11.8 Å². The number of H-pyrrole nitrogens is 2. The van der Waals surface area contributed by atoms with Gasteiger partial charge < -0.3 is 10.3 Å². The van der Waals surface area contributed by atoms with Crippen molar-refractivity contribution in [2.75, 3.05) is 10.6 Å². The van der Waals surface area contributed by atoms with Crippen molar-refractivity contribution >= 4 is 46.2 Å². The molecule has 0 unspecified atom stereocenters. The minimum Gasteiger partial charge on any atom is -0.339 e. The van der Waals surface area contributed by atoms with E-state index in [0.717, 1.165) is 6.07 Å². The molecule has 2 aromatic heterocycles. The Hall–Kier alpha value is -3.27. The zero-order valence-electron chi connectivity index (χ0n) is 11.7. The molecule has 0 aliphatic rings. The van der Waals surface area contributed by atoms with Crippen molar-refractivity contribution in [3.05, 3.63) is 45.7 Å². The predicted octanol–water partition coefficient (Wildman–Crippen LogP) is 1.02. The van der Waals surface area contributed by atoms with Gasteiger partial charge in [-0.05, 0) is 18.2 Å². The topological polar surface area (TPSA) is 133 Å². The van der Waals surface area contributed by atoms with Gasteiger partial charge in [0.05, 0.1) is 11.3 Å². The van der Waals surface area contributed by atoms with Crippen LogP contribution in [0.5, 0.6) is 0 Å². The van der Waals surface area contributed by atoms with E-state index >= 15 is 0 Å². The van der Waals surface area contributed by atoms with E-state index in [4.69, 9.17) is 11.6 Å². The molecule has 2 amide bonds. The number of carbonyl (C=O) groups is 2. The fourth-order valence-electron chi connectivity index (χ4n) is 1.83. The predicted molar refractivity (Wildman–Crippen MR) is 83.2 cm³/mol. The van der Waals surface area contributed by atoms with Crippen molar-refractivity contribution in [3.63, 3.8) is 0 Å². The number of hydrogen-bond donors (Lipinski definition) is 4. The number of amides is 2. The second-order valence-corrected chi connectivity index (χ2v) is 4.96. The zero-order chi connectivity index (χ0) is 17.3. The van der Waals surface area contributed by atoms with Crippen molar-refractivity contribution in [1.29, 1.82) is 0 Å². The van der Waals surface area contributed by atoms with Crippen LogP contribution >= 0.6 is 11.6 Å². The lowest BCUT2D eigenvalue weighted by molar-refractivity contribution is -0.133. The van der Waals surface area contributed by atoms with Gasteiger partial charge in [0.2, 0.25) is 5.95 Å². The molecule has 4 N–H and O–H groups in total. The Morgan fingerprint density at radius 3 is 2.71 bits per heavy atom. The summed E-state index contributed by atoms with van der Waals surface area (Å²) in [5, 5.41) is 4.19. The van der Waals surface area contributed by atoms with Crippen LogP contribution in [0.1, 0.15) is 0 Å². The average Bonchev–Trinajstić information content (AvgIpc) is 3.00. The minimum absolute atomic E-state index is 0.0428. The molecule has 0 saturated carbocycles. The van der Waals surface area contributed by atoms with E-state index in [-0.39, 0.29) is 27.8 Å². The molecule has 3 rings (SSSR count). The molecule has 9 nitrogen and oxygen atoms in total. The quantitative estimate of drug-likeness (QED) is 0.512. The first kappa shape index (κ1) is 15.6. The lowest BCUT2D eigenvalue weighted by atomic mass is 10.3. The van der Waals surface area contributed by atoms with Crippen LogP contribution in [0.15, 0.2) is 29.3 Å². The number of nitrogens with one attached hydrogen (secondary N) is 4. The van der Waals surface area contributed by atoms with Gasteiger partial charge in [-0.1, -0.05) is 11.6 Å². The van der Waals surface area contributed by atoms with Crippen LogP contribution in [-0.2, 0) is 9.59 Å². The second kappa shape index (κ2) is 6.08. The maximum absolute atomic E-state index is 13.3. The number of carbonyl (C=O) groups excluding carboxylic acids is 2. The standard InChI is InChI=1S/C13H8ClFN6O3/c14-6-2-1-5(3-7(6)15)18-11(23)12(24)21-13-19-9-8(10(22)20-13)16-4-17-9/h1-4H,(H,18,23)(H3,16,17,19,20,21,22,24). The summed E-state index contributed by atoms with van der Waals surface area (Å²) in [5.41, 5.74) is -0.308. The zero-order valence-corrected chi connectivity index (χ0v) is 12.4. The third kappa shape index (κ3) is 3.08. The summed E-state index contributed by atoms with van der Waals surface area (Å²) in [7, 11) is 0. The average molecular weight is 351 g/mol. The molecule has 24 heavy (non-hydrogen) atoms. The summed E-state index contributed by atoms with van der Waals surface area (Å²) in [6.07, 6.45) is 1.26. The van der Waals surface area contributed by atoms with Crippen LogP contribution in [-0.4, -0.2) is 31.8 Å². The van der Waals surface area contributed by atoms with E-state index in [1.165, 1.54) is 18.5 Å². The molecule has 11 heteroatoms.